The first-order valence-corrected chi connectivity index (χ1v) is 8.39. The third kappa shape index (κ3) is 3.65. The lowest BCUT2D eigenvalue weighted by Gasteiger charge is -2.22. The molecule has 0 aliphatic carbocycles. The quantitative estimate of drug-likeness (QED) is 0.737. The summed E-state index contributed by atoms with van der Waals surface area (Å²) in [6, 6.07) is 11.4. The van der Waals surface area contributed by atoms with Gasteiger partial charge in [0.15, 0.2) is 0 Å². The zero-order valence-electron chi connectivity index (χ0n) is 14.0. The van der Waals surface area contributed by atoms with Crippen LogP contribution in [0.25, 0.3) is 0 Å². The van der Waals surface area contributed by atoms with E-state index in [-0.39, 0.29) is 0 Å². The molecule has 0 spiro atoms. The summed E-state index contributed by atoms with van der Waals surface area (Å²) in [7, 11) is 3.37. The molecule has 0 atom stereocenters. The number of methoxy groups -OCH3 is 2. The van der Waals surface area contributed by atoms with E-state index < -0.39 is 0 Å². The van der Waals surface area contributed by atoms with Gasteiger partial charge in [0, 0.05) is 36.0 Å². The Morgan fingerprint density at radius 2 is 1.67 bits per heavy atom. The molecule has 126 valence electrons. The Hall–Kier alpha value is -2.20. The molecule has 1 heterocycles. The third-order valence-corrected chi connectivity index (χ3v) is 4.41. The lowest BCUT2D eigenvalue weighted by molar-refractivity contribution is 0.402. The van der Waals surface area contributed by atoms with Gasteiger partial charge in [-0.3, -0.25) is 4.99 Å². The van der Waals surface area contributed by atoms with Crippen LogP contribution in [-0.2, 0) is 0 Å². The number of aliphatic imine (C=N–C) groups is 1. The Labute approximate surface area is 147 Å². The maximum Gasteiger partial charge on any atom is 0.143 e. The summed E-state index contributed by atoms with van der Waals surface area (Å²) in [6.45, 7) is 2.11. The molecule has 1 aliphatic heterocycles. The van der Waals surface area contributed by atoms with Crippen molar-refractivity contribution in [3.8, 4) is 11.5 Å². The molecule has 4 nitrogen and oxygen atoms in total. The summed E-state index contributed by atoms with van der Waals surface area (Å²) in [4.78, 5) is 6.83. The summed E-state index contributed by atoms with van der Waals surface area (Å²) in [5.41, 5.74) is 2.80. The summed E-state index contributed by atoms with van der Waals surface area (Å²) < 4.78 is 11.1. The van der Waals surface area contributed by atoms with Gasteiger partial charge < -0.3 is 14.4 Å². The van der Waals surface area contributed by atoms with Crippen molar-refractivity contribution < 1.29 is 9.47 Å². The van der Waals surface area contributed by atoms with E-state index in [1.165, 1.54) is 12.8 Å². The molecule has 1 fully saturated rings. The zero-order valence-corrected chi connectivity index (χ0v) is 14.7. The van der Waals surface area contributed by atoms with Crippen LogP contribution in [-0.4, -0.2) is 33.5 Å². The lowest BCUT2D eigenvalue weighted by Crippen LogP contribution is -2.18. The van der Waals surface area contributed by atoms with Crippen LogP contribution in [0.1, 0.15) is 18.4 Å². The van der Waals surface area contributed by atoms with Gasteiger partial charge in [0.2, 0.25) is 0 Å². The molecule has 24 heavy (non-hydrogen) atoms. The fourth-order valence-electron chi connectivity index (χ4n) is 2.88. The second-order valence-electron chi connectivity index (χ2n) is 5.69. The van der Waals surface area contributed by atoms with Crippen LogP contribution in [0, 0.1) is 0 Å². The van der Waals surface area contributed by atoms with E-state index in [9.17, 15) is 0 Å². The maximum atomic E-state index is 5.90. The van der Waals surface area contributed by atoms with E-state index in [1.807, 2.05) is 36.4 Å². The number of ether oxygens (including phenoxy) is 2. The molecule has 0 unspecified atom stereocenters. The van der Waals surface area contributed by atoms with Gasteiger partial charge in [0.05, 0.1) is 25.6 Å². The fourth-order valence-corrected chi connectivity index (χ4v) is 3.01. The van der Waals surface area contributed by atoms with E-state index in [1.54, 1.807) is 20.4 Å². The average Bonchev–Trinajstić information content (AvgIpc) is 3.15. The van der Waals surface area contributed by atoms with E-state index in [2.05, 4.69) is 9.89 Å². The second-order valence-corrected chi connectivity index (χ2v) is 6.13. The van der Waals surface area contributed by atoms with Gasteiger partial charge >= 0.3 is 0 Å². The highest BCUT2D eigenvalue weighted by Gasteiger charge is 2.19. The van der Waals surface area contributed by atoms with Crippen LogP contribution in [0.4, 0.5) is 11.4 Å². The maximum absolute atomic E-state index is 5.90. The van der Waals surface area contributed by atoms with Crippen molar-refractivity contribution in [1.29, 1.82) is 0 Å². The molecule has 0 bridgehead atoms. The Balaban J connectivity index is 1.93. The van der Waals surface area contributed by atoms with Crippen molar-refractivity contribution in [3.63, 3.8) is 0 Å². The highest BCUT2D eigenvalue weighted by atomic mass is 35.5. The molecule has 0 saturated carbocycles. The Bertz CT molecular complexity index is 723. The number of benzene rings is 2. The fraction of sp³-hybridized carbons (Fsp3) is 0.316. The summed E-state index contributed by atoms with van der Waals surface area (Å²) in [6.07, 6.45) is 4.22. The number of hydrogen-bond donors (Lipinski definition) is 0. The minimum absolute atomic E-state index is 0.697. The molecule has 3 rings (SSSR count). The molecular formula is C19H21ClN2O2. The molecule has 1 saturated heterocycles. The minimum Gasteiger partial charge on any atom is -0.496 e. The van der Waals surface area contributed by atoms with Gasteiger partial charge in [-0.15, -0.1) is 0 Å². The monoisotopic (exact) mass is 344 g/mol. The van der Waals surface area contributed by atoms with Crippen LogP contribution >= 0.6 is 11.6 Å². The second kappa shape index (κ2) is 7.58. The molecule has 2 aromatic carbocycles. The molecular weight excluding hydrogens is 324 g/mol. The standard InChI is InChI=1S/C19H21ClN2O2/c1-23-18-12-17(22-9-3-4-10-22)19(24-2)11-14(18)13-21-16-7-5-15(20)6-8-16/h5-8,11-13H,3-4,9-10H2,1-2H3. The van der Waals surface area contributed by atoms with Gasteiger partial charge in [0.25, 0.3) is 0 Å². The van der Waals surface area contributed by atoms with E-state index in [4.69, 9.17) is 21.1 Å². The van der Waals surface area contributed by atoms with E-state index in [0.717, 1.165) is 41.5 Å². The first-order valence-electron chi connectivity index (χ1n) is 8.02. The Morgan fingerprint density at radius 1 is 1.00 bits per heavy atom. The van der Waals surface area contributed by atoms with Crippen molar-refractivity contribution >= 4 is 29.2 Å². The predicted molar refractivity (Wildman–Crippen MR) is 99.7 cm³/mol. The van der Waals surface area contributed by atoms with Crippen molar-refractivity contribution in [3.05, 3.63) is 47.0 Å². The molecule has 0 amide bonds. The van der Waals surface area contributed by atoms with Crippen LogP contribution in [0.15, 0.2) is 41.4 Å². The SMILES string of the molecule is COc1cc(N2CCCC2)c(OC)cc1C=Nc1ccc(Cl)cc1. The molecule has 2 aromatic rings. The summed E-state index contributed by atoms with van der Waals surface area (Å²) in [5, 5.41) is 0.697. The lowest BCUT2D eigenvalue weighted by atomic mass is 10.1. The highest BCUT2D eigenvalue weighted by Crippen LogP contribution is 2.36. The summed E-state index contributed by atoms with van der Waals surface area (Å²) in [5.74, 6) is 1.63. The predicted octanol–water partition coefficient (Wildman–Crippen LogP) is 4.71. The Morgan fingerprint density at radius 3 is 2.29 bits per heavy atom. The molecule has 0 aromatic heterocycles. The van der Waals surface area contributed by atoms with Crippen molar-refractivity contribution in [2.75, 3.05) is 32.2 Å². The van der Waals surface area contributed by atoms with Crippen molar-refractivity contribution in [2.24, 2.45) is 4.99 Å². The van der Waals surface area contributed by atoms with Gasteiger partial charge in [-0.25, -0.2) is 0 Å². The smallest absolute Gasteiger partial charge is 0.143 e. The largest absolute Gasteiger partial charge is 0.496 e. The number of hydrogen-bond acceptors (Lipinski definition) is 4. The van der Waals surface area contributed by atoms with Crippen LogP contribution in [0.3, 0.4) is 0 Å². The number of halogens is 1. The first-order chi connectivity index (χ1) is 11.7. The highest BCUT2D eigenvalue weighted by molar-refractivity contribution is 6.30. The first kappa shape index (κ1) is 16.7. The molecule has 0 N–H and O–H groups in total. The molecule has 1 aliphatic rings. The third-order valence-electron chi connectivity index (χ3n) is 4.16. The van der Waals surface area contributed by atoms with Crippen LogP contribution < -0.4 is 14.4 Å². The topological polar surface area (TPSA) is 34.1 Å². The number of rotatable bonds is 5. The van der Waals surface area contributed by atoms with Crippen LogP contribution in [0.2, 0.25) is 5.02 Å². The van der Waals surface area contributed by atoms with E-state index >= 15 is 0 Å². The van der Waals surface area contributed by atoms with Gasteiger partial charge in [-0.05, 0) is 43.2 Å². The van der Waals surface area contributed by atoms with Gasteiger partial charge in [-0.1, -0.05) is 11.6 Å². The van der Waals surface area contributed by atoms with Crippen molar-refractivity contribution in [1.82, 2.24) is 0 Å². The average molecular weight is 345 g/mol. The number of anilines is 1. The zero-order chi connectivity index (χ0) is 16.9. The normalized spacial score (nSPS) is 14.4. The van der Waals surface area contributed by atoms with Gasteiger partial charge in [-0.2, -0.15) is 0 Å². The minimum atomic E-state index is 0.697. The van der Waals surface area contributed by atoms with Crippen LogP contribution in [0.5, 0.6) is 11.5 Å². The summed E-state index contributed by atoms with van der Waals surface area (Å²) >= 11 is 5.90. The van der Waals surface area contributed by atoms with Crippen molar-refractivity contribution in [2.45, 2.75) is 12.8 Å². The van der Waals surface area contributed by atoms with Gasteiger partial charge in [0.1, 0.15) is 11.5 Å². The number of nitrogens with zero attached hydrogens (tertiary/aromatic N) is 2. The molecule has 0 radical (unpaired) electrons. The molecule has 5 heteroatoms. The Kier molecular flexibility index (Phi) is 5.26. The van der Waals surface area contributed by atoms with E-state index in [0.29, 0.717) is 5.02 Å².